The minimum atomic E-state index is -0.383. The summed E-state index contributed by atoms with van der Waals surface area (Å²) in [6, 6.07) is 13.2. The van der Waals surface area contributed by atoms with Crippen LogP contribution in [-0.2, 0) is 6.54 Å². The van der Waals surface area contributed by atoms with Crippen LogP contribution in [0, 0.1) is 10.1 Å². The number of nitrogens with zero attached hydrogens (tertiary/aromatic N) is 1. The van der Waals surface area contributed by atoms with E-state index in [1.807, 2.05) is 30.3 Å². The number of halogens is 2. The summed E-state index contributed by atoms with van der Waals surface area (Å²) in [7, 11) is 0. The lowest BCUT2D eigenvalue weighted by atomic mass is 10.1. The second-order valence-electron chi connectivity index (χ2n) is 4.73. The fourth-order valence-corrected chi connectivity index (χ4v) is 2.77. The molecule has 0 spiro atoms. The summed E-state index contributed by atoms with van der Waals surface area (Å²) in [4.78, 5) is 10.5. The zero-order chi connectivity index (χ0) is 15.4. The first-order chi connectivity index (χ1) is 9.95. The lowest BCUT2D eigenvalue weighted by Crippen LogP contribution is -2.18. The average molecular weight is 414 g/mol. The van der Waals surface area contributed by atoms with Gasteiger partial charge in [0.25, 0.3) is 5.69 Å². The van der Waals surface area contributed by atoms with Gasteiger partial charge in [0.2, 0.25) is 0 Å². The van der Waals surface area contributed by atoms with Crippen LogP contribution in [0.5, 0.6) is 0 Å². The number of hydrogen-bond donors (Lipinski definition) is 1. The van der Waals surface area contributed by atoms with Crippen LogP contribution >= 0.6 is 31.9 Å². The van der Waals surface area contributed by atoms with E-state index < -0.39 is 0 Å². The zero-order valence-electron chi connectivity index (χ0n) is 11.3. The molecule has 0 heterocycles. The van der Waals surface area contributed by atoms with Gasteiger partial charge in [-0.25, -0.2) is 0 Å². The molecular weight excluding hydrogens is 400 g/mol. The SMILES string of the molecule is C[C@H](NCc1cc(Br)cc([N+](=O)[O-])c1)c1ccc(Br)cc1. The predicted octanol–water partition coefficient (Wildman–Crippen LogP) is 4.97. The fraction of sp³-hybridized carbons (Fsp3) is 0.200. The van der Waals surface area contributed by atoms with Crippen LogP contribution in [0.2, 0.25) is 0 Å². The first kappa shape index (κ1) is 16.1. The summed E-state index contributed by atoms with van der Waals surface area (Å²) in [6.07, 6.45) is 0. The van der Waals surface area contributed by atoms with Gasteiger partial charge in [0.05, 0.1) is 4.92 Å². The average Bonchev–Trinajstić information content (AvgIpc) is 2.45. The lowest BCUT2D eigenvalue weighted by Gasteiger charge is -2.14. The maximum atomic E-state index is 10.9. The second kappa shape index (κ2) is 7.15. The lowest BCUT2D eigenvalue weighted by molar-refractivity contribution is -0.385. The van der Waals surface area contributed by atoms with Crippen LogP contribution in [0.25, 0.3) is 0 Å². The number of hydrogen-bond acceptors (Lipinski definition) is 3. The number of nitro benzene ring substituents is 1. The van der Waals surface area contributed by atoms with Crippen molar-refractivity contribution in [2.24, 2.45) is 0 Å². The van der Waals surface area contributed by atoms with Crippen molar-refractivity contribution in [1.29, 1.82) is 0 Å². The Kier molecular flexibility index (Phi) is 5.50. The minimum absolute atomic E-state index is 0.0949. The van der Waals surface area contributed by atoms with E-state index in [0.29, 0.717) is 11.0 Å². The molecule has 2 aromatic rings. The quantitative estimate of drug-likeness (QED) is 0.556. The third-order valence-electron chi connectivity index (χ3n) is 3.14. The molecule has 21 heavy (non-hydrogen) atoms. The van der Waals surface area contributed by atoms with E-state index in [1.165, 1.54) is 11.6 Å². The van der Waals surface area contributed by atoms with Crippen LogP contribution in [-0.4, -0.2) is 4.92 Å². The van der Waals surface area contributed by atoms with Crippen LogP contribution in [0.15, 0.2) is 51.4 Å². The molecule has 1 atom stereocenters. The molecule has 0 aliphatic rings. The minimum Gasteiger partial charge on any atom is -0.306 e. The molecule has 0 aliphatic carbocycles. The van der Waals surface area contributed by atoms with Crippen LogP contribution in [0.3, 0.4) is 0 Å². The number of non-ortho nitro benzene ring substituents is 1. The molecule has 0 bridgehead atoms. The van der Waals surface area contributed by atoms with Gasteiger partial charge in [-0.1, -0.05) is 44.0 Å². The van der Waals surface area contributed by atoms with Crippen molar-refractivity contribution >= 4 is 37.5 Å². The molecule has 0 radical (unpaired) electrons. The van der Waals surface area contributed by atoms with Gasteiger partial charge in [-0.2, -0.15) is 0 Å². The number of rotatable bonds is 5. The Bertz CT molecular complexity index is 645. The van der Waals surface area contributed by atoms with Crippen molar-refractivity contribution in [3.05, 3.63) is 72.7 Å². The molecule has 0 aromatic heterocycles. The third kappa shape index (κ3) is 4.62. The van der Waals surface area contributed by atoms with Gasteiger partial charge in [-0.3, -0.25) is 10.1 Å². The Morgan fingerprint density at radius 1 is 1.14 bits per heavy atom. The molecular formula is C15H14Br2N2O2. The summed E-state index contributed by atoms with van der Waals surface area (Å²) < 4.78 is 1.76. The number of nitrogens with one attached hydrogen (secondary N) is 1. The number of benzene rings is 2. The van der Waals surface area contributed by atoms with Gasteiger partial charge < -0.3 is 5.32 Å². The van der Waals surface area contributed by atoms with E-state index in [9.17, 15) is 10.1 Å². The van der Waals surface area contributed by atoms with Crippen molar-refractivity contribution in [2.75, 3.05) is 0 Å². The highest BCUT2D eigenvalue weighted by Gasteiger charge is 2.10. The molecule has 0 aliphatic heterocycles. The normalized spacial score (nSPS) is 12.1. The van der Waals surface area contributed by atoms with Gasteiger partial charge in [-0.15, -0.1) is 0 Å². The van der Waals surface area contributed by atoms with Crippen LogP contribution in [0.4, 0.5) is 5.69 Å². The molecule has 2 aromatic carbocycles. The molecule has 1 N–H and O–H groups in total. The van der Waals surface area contributed by atoms with Crippen LogP contribution < -0.4 is 5.32 Å². The Morgan fingerprint density at radius 3 is 2.43 bits per heavy atom. The Labute approximate surface area is 140 Å². The highest BCUT2D eigenvalue weighted by atomic mass is 79.9. The molecule has 110 valence electrons. The Morgan fingerprint density at radius 2 is 1.81 bits per heavy atom. The van der Waals surface area contributed by atoms with E-state index in [2.05, 4.69) is 44.1 Å². The van der Waals surface area contributed by atoms with Crippen molar-refractivity contribution in [2.45, 2.75) is 19.5 Å². The standard InChI is InChI=1S/C15H14Br2N2O2/c1-10(12-2-4-13(16)5-3-12)18-9-11-6-14(17)8-15(7-11)19(20)21/h2-8,10,18H,9H2,1H3/t10-/m0/s1. The van der Waals surface area contributed by atoms with Crippen molar-refractivity contribution in [1.82, 2.24) is 5.32 Å². The summed E-state index contributed by atoms with van der Waals surface area (Å²) in [5, 5.41) is 14.2. The number of nitro groups is 1. The molecule has 6 heteroatoms. The molecule has 4 nitrogen and oxygen atoms in total. The highest BCUT2D eigenvalue weighted by molar-refractivity contribution is 9.10. The first-order valence-corrected chi connectivity index (χ1v) is 7.97. The van der Waals surface area contributed by atoms with Gasteiger partial charge in [0, 0.05) is 33.7 Å². The molecule has 0 saturated carbocycles. The smallest absolute Gasteiger partial charge is 0.270 e. The Hall–Kier alpha value is -1.24. The molecule has 0 unspecified atom stereocenters. The Balaban J connectivity index is 2.05. The summed E-state index contributed by atoms with van der Waals surface area (Å²) in [5.74, 6) is 0. The van der Waals surface area contributed by atoms with E-state index in [0.717, 1.165) is 10.0 Å². The molecule has 0 amide bonds. The monoisotopic (exact) mass is 412 g/mol. The fourth-order valence-electron chi connectivity index (χ4n) is 1.98. The van der Waals surface area contributed by atoms with Crippen molar-refractivity contribution in [3.63, 3.8) is 0 Å². The van der Waals surface area contributed by atoms with E-state index in [1.54, 1.807) is 6.07 Å². The molecule has 0 fully saturated rings. The van der Waals surface area contributed by atoms with Gasteiger partial charge in [0.15, 0.2) is 0 Å². The largest absolute Gasteiger partial charge is 0.306 e. The first-order valence-electron chi connectivity index (χ1n) is 6.38. The van der Waals surface area contributed by atoms with Gasteiger partial charge >= 0.3 is 0 Å². The summed E-state index contributed by atoms with van der Waals surface area (Å²) in [6.45, 7) is 2.63. The second-order valence-corrected chi connectivity index (χ2v) is 6.56. The predicted molar refractivity (Wildman–Crippen MR) is 90.2 cm³/mol. The van der Waals surface area contributed by atoms with Gasteiger partial charge in [0.1, 0.15) is 0 Å². The van der Waals surface area contributed by atoms with E-state index >= 15 is 0 Å². The highest BCUT2D eigenvalue weighted by Crippen LogP contribution is 2.22. The van der Waals surface area contributed by atoms with Crippen LogP contribution in [0.1, 0.15) is 24.1 Å². The summed E-state index contributed by atoms with van der Waals surface area (Å²) >= 11 is 6.71. The molecule has 0 saturated heterocycles. The van der Waals surface area contributed by atoms with Crippen molar-refractivity contribution < 1.29 is 4.92 Å². The molecule has 2 rings (SSSR count). The van der Waals surface area contributed by atoms with Gasteiger partial charge in [-0.05, 0) is 36.2 Å². The third-order valence-corrected chi connectivity index (χ3v) is 4.12. The zero-order valence-corrected chi connectivity index (χ0v) is 14.5. The van der Waals surface area contributed by atoms with E-state index in [4.69, 9.17) is 0 Å². The topological polar surface area (TPSA) is 55.2 Å². The maximum Gasteiger partial charge on any atom is 0.270 e. The van der Waals surface area contributed by atoms with E-state index in [-0.39, 0.29) is 16.7 Å². The van der Waals surface area contributed by atoms with Crippen molar-refractivity contribution in [3.8, 4) is 0 Å². The summed E-state index contributed by atoms with van der Waals surface area (Å²) in [5.41, 5.74) is 2.14. The maximum absolute atomic E-state index is 10.9.